The van der Waals surface area contributed by atoms with Gasteiger partial charge < -0.3 is 30.9 Å². The van der Waals surface area contributed by atoms with Crippen molar-refractivity contribution < 1.29 is 14.9 Å². The molecule has 12 heteroatoms. The highest BCUT2D eigenvalue weighted by Gasteiger charge is 2.23. The minimum Gasteiger partial charge on any atom is -0.394 e. The summed E-state index contributed by atoms with van der Waals surface area (Å²) < 4.78 is 6.56. The number of aromatic nitrogens is 5. The first-order valence-electron chi connectivity index (χ1n) is 11.2. The number of nitrogen functional groups attached to an aromatic ring is 1. The van der Waals surface area contributed by atoms with Crippen molar-refractivity contribution in [3.8, 4) is 21.8 Å². The molecule has 11 nitrogen and oxygen atoms in total. The van der Waals surface area contributed by atoms with E-state index in [4.69, 9.17) is 25.5 Å². The number of nitrogens with two attached hydrogens (primary N) is 1. The summed E-state index contributed by atoms with van der Waals surface area (Å²) in [5.41, 5.74) is 9.25. The molecule has 0 spiro atoms. The topological polar surface area (TPSA) is 155 Å². The molecule has 1 aliphatic heterocycles. The molecule has 0 amide bonds. The SMILES string of the molecule is Cc1c(-c2ccc(NCC(O)CO)nc2)sc2c(N3CCOCC3)nc(-c3cnc(N)nc3)nc12. The van der Waals surface area contributed by atoms with Gasteiger partial charge in [0.25, 0.3) is 0 Å². The second kappa shape index (κ2) is 10.0. The number of aliphatic hydroxyl groups excluding tert-OH is 2. The van der Waals surface area contributed by atoms with Crippen LogP contribution in [0.2, 0.25) is 0 Å². The second-order valence-corrected chi connectivity index (χ2v) is 9.20. The highest BCUT2D eigenvalue weighted by molar-refractivity contribution is 7.23. The van der Waals surface area contributed by atoms with Crippen molar-refractivity contribution in [2.45, 2.75) is 13.0 Å². The van der Waals surface area contributed by atoms with Crippen molar-refractivity contribution in [1.29, 1.82) is 0 Å². The van der Waals surface area contributed by atoms with Crippen LogP contribution in [0.25, 0.3) is 32.0 Å². The third-order valence-corrected chi connectivity index (χ3v) is 7.07. The van der Waals surface area contributed by atoms with E-state index in [1.165, 1.54) is 0 Å². The minimum absolute atomic E-state index is 0.202. The lowest BCUT2D eigenvalue weighted by Gasteiger charge is -2.28. The van der Waals surface area contributed by atoms with Crippen LogP contribution >= 0.6 is 11.3 Å². The number of pyridine rings is 1. The fourth-order valence-corrected chi connectivity index (χ4v) is 5.09. The molecule has 4 aromatic rings. The molecule has 4 aromatic heterocycles. The van der Waals surface area contributed by atoms with E-state index in [0.717, 1.165) is 45.1 Å². The second-order valence-electron chi connectivity index (χ2n) is 8.18. The fraction of sp³-hybridized carbons (Fsp3) is 0.348. The molecule has 1 aliphatic rings. The number of hydrogen-bond donors (Lipinski definition) is 4. The Bertz CT molecular complexity index is 1310. The summed E-state index contributed by atoms with van der Waals surface area (Å²) in [6, 6.07) is 3.84. The van der Waals surface area contributed by atoms with E-state index in [9.17, 15) is 5.11 Å². The highest BCUT2D eigenvalue weighted by atomic mass is 32.1. The van der Waals surface area contributed by atoms with Crippen molar-refractivity contribution in [3.63, 3.8) is 0 Å². The molecular formula is C23H26N8O3S. The van der Waals surface area contributed by atoms with Gasteiger partial charge in [0.2, 0.25) is 5.95 Å². The van der Waals surface area contributed by atoms with E-state index in [1.54, 1.807) is 29.9 Å². The van der Waals surface area contributed by atoms with Crippen LogP contribution in [0, 0.1) is 6.92 Å². The van der Waals surface area contributed by atoms with Gasteiger partial charge in [-0.1, -0.05) is 0 Å². The number of rotatable bonds is 7. The maximum atomic E-state index is 9.54. The number of anilines is 3. The average molecular weight is 495 g/mol. The van der Waals surface area contributed by atoms with E-state index in [-0.39, 0.29) is 19.1 Å². The largest absolute Gasteiger partial charge is 0.394 e. The van der Waals surface area contributed by atoms with Gasteiger partial charge in [0.05, 0.1) is 41.7 Å². The summed E-state index contributed by atoms with van der Waals surface area (Å²) in [4.78, 5) is 25.8. The number of morpholine rings is 1. The zero-order valence-corrected chi connectivity index (χ0v) is 20.0. The van der Waals surface area contributed by atoms with Gasteiger partial charge in [0, 0.05) is 48.7 Å². The molecule has 0 aliphatic carbocycles. The Kier molecular flexibility index (Phi) is 6.68. The van der Waals surface area contributed by atoms with Gasteiger partial charge in [-0.3, -0.25) is 0 Å². The molecule has 0 saturated carbocycles. The summed E-state index contributed by atoms with van der Waals surface area (Å²) >= 11 is 1.64. The van der Waals surface area contributed by atoms with Crippen LogP contribution in [0.1, 0.15) is 5.56 Å². The van der Waals surface area contributed by atoms with Gasteiger partial charge in [-0.05, 0) is 24.6 Å². The first kappa shape index (κ1) is 23.3. The molecule has 182 valence electrons. The third kappa shape index (κ3) is 4.86. The molecule has 1 atom stereocenters. The quantitative estimate of drug-likeness (QED) is 0.297. The summed E-state index contributed by atoms with van der Waals surface area (Å²) in [5.74, 6) is 2.24. The van der Waals surface area contributed by atoms with Crippen LogP contribution in [0.4, 0.5) is 17.6 Å². The summed E-state index contributed by atoms with van der Waals surface area (Å²) in [7, 11) is 0. The lowest BCUT2D eigenvalue weighted by Crippen LogP contribution is -2.36. The number of thiophene rings is 1. The van der Waals surface area contributed by atoms with Gasteiger partial charge >= 0.3 is 0 Å². The van der Waals surface area contributed by atoms with Crippen molar-refractivity contribution in [2.75, 3.05) is 55.4 Å². The van der Waals surface area contributed by atoms with E-state index >= 15 is 0 Å². The number of hydrogen-bond acceptors (Lipinski definition) is 12. The van der Waals surface area contributed by atoms with Crippen LogP contribution in [-0.4, -0.2) is 80.7 Å². The van der Waals surface area contributed by atoms with Crippen molar-refractivity contribution in [2.24, 2.45) is 0 Å². The maximum absolute atomic E-state index is 9.54. The molecular weight excluding hydrogens is 468 g/mol. The summed E-state index contributed by atoms with van der Waals surface area (Å²) in [5, 5.41) is 21.5. The first-order valence-corrected chi connectivity index (χ1v) is 12.1. The molecule has 35 heavy (non-hydrogen) atoms. The number of aryl methyl sites for hydroxylation is 1. The molecule has 0 aromatic carbocycles. The Balaban J connectivity index is 1.56. The van der Waals surface area contributed by atoms with Crippen LogP contribution in [0.15, 0.2) is 30.7 Å². The summed E-state index contributed by atoms with van der Waals surface area (Å²) in [6.07, 6.45) is 4.23. The standard InChI is InChI=1S/C23H26N8O3S/c1-13-18-20(35-19(13)14-2-3-17(25-8-14)26-11-16(33)12-32)22(31-4-6-34-7-5-31)30-21(29-18)15-9-27-23(24)28-10-15/h2-3,8-10,16,32-33H,4-7,11-12H2,1H3,(H,25,26)(H2,24,27,28). The predicted molar refractivity (Wildman–Crippen MR) is 135 cm³/mol. The van der Waals surface area contributed by atoms with Crippen LogP contribution in [0.3, 0.4) is 0 Å². The van der Waals surface area contributed by atoms with Gasteiger partial charge in [0.1, 0.15) is 5.82 Å². The number of ether oxygens (including phenoxy) is 1. The van der Waals surface area contributed by atoms with Crippen molar-refractivity contribution >= 4 is 39.1 Å². The van der Waals surface area contributed by atoms with Gasteiger partial charge in [-0.25, -0.2) is 24.9 Å². The van der Waals surface area contributed by atoms with Crippen molar-refractivity contribution in [1.82, 2.24) is 24.9 Å². The Labute approximate surface area is 205 Å². The molecule has 5 rings (SSSR count). The van der Waals surface area contributed by atoms with E-state index in [0.29, 0.717) is 30.4 Å². The predicted octanol–water partition coefficient (Wildman–Crippen LogP) is 1.70. The highest BCUT2D eigenvalue weighted by Crippen LogP contribution is 2.42. The number of nitrogens with zero attached hydrogens (tertiary/aromatic N) is 6. The minimum atomic E-state index is -0.834. The van der Waals surface area contributed by atoms with E-state index < -0.39 is 6.10 Å². The molecule has 1 saturated heterocycles. The van der Waals surface area contributed by atoms with Gasteiger partial charge in [0.15, 0.2) is 11.6 Å². The Morgan fingerprint density at radius 3 is 2.54 bits per heavy atom. The molecule has 0 bridgehead atoms. The van der Waals surface area contributed by atoms with Gasteiger partial charge in [-0.15, -0.1) is 11.3 Å². The third-order valence-electron chi connectivity index (χ3n) is 5.74. The Morgan fingerprint density at radius 2 is 1.86 bits per heavy atom. The molecule has 0 radical (unpaired) electrons. The first-order chi connectivity index (χ1) is 17.0. The smallest absolute Gasteiger partial charge is 0.219 e. The molecule has 5 heterocycles. The Hall–Kier alpha value is -3.45. The zero-order valence-electron chi connectivity index (χ0n) is 19.2. The monoisotopic (exact) mass is 494 g/mol. The zero-order chi connectivity index (χ0) is 24.4. The average Bonchev–Trinajstić information content (AvgIpc) is 3.24. The number of aliphatic hydroxyl groups is 2. The summed E-state index contributed by atoms with van der Waals surface area (Å²) in [6.45, 7) is 4.76. The number of nitrogens with one attached hydrogen (secondary N) is 1. The maximum Gasteiger partial charge on any atom is 0.219 e. The van der Waals surface area contributed by atoms with E-state index in [2.05, 4.69) is 32.1 Å². The van der Waals surface area contributed by atoms with Crippen LogP contribution in [-0.2, 0) is 4.74 Å². The van der Waals surface area contributed by atoms with E-state index in [1.807, 2.05) is 12.1 Å². The normalized spacial score (nSPS) is 14.9. The Morgan fingerprint density at radius 1 is 1.11 bits per heavy atom. The van der Waals surface area contributed by atoms with Crippen LogP contribution < -0.4 is 16.0 Å². The number of fused-ring (bicyclic) bond motifs is 1. The lowest BCUT2D eigenvalue weighted by molar-refractivity contribution is 0.105. The molecule has 5 N–H and O–H groups in total. The van der Waals surface area contributed by atoms with Crippen molar-refractivity contribution in [3.05, 3.63) is 36.3 Å². The molecule has 1 fully saturated rings. The van der Waals surface area contributed by atoms with Gasteiger partial charge in [-0.2, -0.15) is 0 Å². The fourth-order valence-electron chi connectivity index (χ4n) is 3.84. The molecule has 1 unspecified atom stereocenters. The van der Waals surface area contributed by atoms with Crippen LogP contribution in [0.5, 0.6) is 0 Å². The lowest BCUT2D eigenvalue weighted by atomic mass is 10.1.